The summed E-state index contributed by atoms with van der Waals surface area (Å²) in [5, 5.41) is 6.04. The van der Waals surface area contributed by atoms with Crippen LogP contribution >= 0.6 is 62.7 Å². The second-order valence-corrected chi connectivity index (χ2v) is 9.13. The van der Waals surface area contributed by atoms with Crippen LogP contribution in [0.2, 0.25) is 10.2 Å². The van der Waals surface area contributed by atoms with Gasteiger partial charge in [0.15, 0.2) is 0 Å². The van der Waals surface area contributed by atoms with Gasteiger partial charge in [-0.05, 0) is 48.5 Å². The van der Waals surface area contributed by atoms with Crippen molar-refractivity contribution in [1.29, 1.82) is 0 Å². The van der Waals surface area contributed by atoms with E-state index in [2.05, 4.69) is 33.2 Å². The maximum absolute atomic E-state index is 6.46. The molecule has 1 heterocycles. The first-order valence-corrected chi connectivity index (χ1v) is 11.0. The molecule has 0 N–H and O–H groups in total. The minimum atomic E-state index is 0.705. The van der Waals surface area contributed by atoms with Crippen molar-refractivity contribution in [2.75, 3.05) is 0 Å². The Labute approximate surface area is 174 Å². The van der Waals surface area contributed by atoms with Crippen molar-refractivity contribution in [2.45, 2.75) is 21.3 Å². The highest BCUT2D eigenvalue weighted by Crippen LogP contribution is 2.32. The zero-order chi connectivity index (χ0) is 17.8. The molecule has 0 unspecified atom stereocenters. The zero-order valence-electron chi connectivity index (χ0n) is 13.4. The average molecular weight is 474 g/mol. The van der Waals surface area contributed by atoms with Gasteiger partial charge in [0.25, 0.3) is 0 Å². The molecule has 1 aromatic heterocycles. The minimum absolute atomic E-state index is 0.705. The van der Waals surface area contributed by atoms with Gasteiger partial charge in [-0.15, -0.1) is 23.5 Å². The summed E-state index contributed by atoms with van der Waals surface area (Å²) in [6.45, 7) is 0. The van der Waals surface area contributed by atoms with E-state index >= 15 is 0 Å². The minimum Gasteiger partial charge on any atom is -0.256 e. The highest BCUT2D eigenvalue weighted by atomic mass is 79.9. The lowest BCUT2D eigenvalue weighted by Gasteiger charge is -2.05. The molecule has 0 aliphatic rings. The predicted octanol–water partition coefficient (Wildman–Crippen LogP) is 7.07. The van der Waals surface area contributed by atoms with Gasteiger partial charge in [0, 0.05) is 43.4 Å². The summed E-state index contributed by atoms with van der Waals surface area (Å²) in [7, 11) is 1.88. The monoisotopic (exact) mass is 472 g/mol. The van der Waals surface area contributed by atoms with Gasteiger partial charge < -0.3 is 0 Å². The largest absolute Gasteiger partial charge is 0.256 e. The van der Waals surface area contributed by atoms with Crippen LogP contribution in [0.1, 0.15) is 11.3 Å². The molecule has 0 saturated heterocycles. The molecular formula is C18H15BrCl2N2S2. The number of nitrogens with zero attached hydrogens (tertiary/aromatic N) is 2. The first-order valence-electron chi connectivity index (χ1n) is 7.50. The van der Waals surface area contributed by atoms with Crippen LogP contribution in [-0.2, 0) is 18.6 Å². The van der Waals surface area contributed by atoms with Crippen molar-refractivity contribution < 1.29 is 0 Å². The van der Waals surface area contributed by atoms with Crippen molar-refractivity contribution >= 4 is 62.7 Å². The molecule has 25 heavy (non-hydrogen) atoms. The lowest BCUT2D eigenvalue weighted by Crippen LogP contribution is -1.91. The van der Waals surface area contributed by atoms with Crippen molar-refractivity contribution in [3.05, 3.63) is 74.4 Å². The van der Waals surface area contributed by atoms with Crippen molar-refractivity contribution in [1.82, 2.24) is 9.78 Å². The summed E-state index contributed by atoms with van der Waals surface area (Å²) in [5.41, 5.74) is 2.12. The number of benzene rings is 2. The first kappa shape index (κ1) is 19.2. The Hall–Kier alpha value is -0.590. The highest BCUT2D eigenvalue weighted by molar-refractivity contribution is 9.10. The van der Waals surface area contributed by atoms with Gasteiger partial charge in [-0.25, -0.2) is 0 Å². The first-order chi connectivity index (χ1) is 12.0. The Bertz CT molecular complexity index is 849. The van der Waals surface area contributed by atoms with E-state index in [1.54, 1.807) is 28.2 Å². The highest BCUT2D eigenvalue weighted by Gasteiger charge is 2.15. The normalized spacial score (nSPS) is 11.0. The van der Waals surface area contributed by atoms with E-state index < -0.39 is 0 Å². The lowest BCUT2D eigenvalue weighted by molar-refractivity contribution is 0.755. The fourth-order valence-corrected chi connectivity index (χ4v) is 4.72. The number of halogens is 3. The Balaban J connectivity index is 1.70. The predicted molar refractivity (Wildman–Crippen MR) is 113 cm³/mol. The molecule has 130 valence electrons. The quantitative estimate of drug-likeness (QED) is 0.356. The molecule has 7 heteroatoms. The number of thioether (sulfide) groups is 2. The van der Waals surface area contributed by atoms with Crippen LogP contribution in [0.3, 0.4) is 0 Å². The molecule has 0 spiro atoms. The van der Waals surface area contributed by atoms with Crippen LogP contribution in [0.25, 0.3) is 0 Å². The van der Waals surface area contributed by atoms with Crippen LogP contribution < -0.4 is 0 Å². The second-order valence-electron chi connectivity index (χ2n) is 5.32. The fourth-order valence-electron chi connectivity index (χ4n) is 2.23. The molecule has 0 saturated carbocycles. The van der Waals surface area contributed by atoms with Crippen molar-refractivity contribution in [3.8, 4) is 0 Å². The van der Waals surface area contributed by atoms with Gasteiger partial charge in [0.1, 0.15) is 5.15 Å². The van der Waals surface area contributed by atoms with E-state index in [0.717, 1.165) is 37.2 Å². The topological polar surface area (TPSA) is 17.8 Å². The second kappa shape index (κ2) is 8.87. The molecule has 3 aromatic rings. The van der Waals surface area contributed by atoms with E-state index in [-0.39, 0.29) is 0 Å². The standard InChI is InChI=1S/C18H15BrCl2N2S2/c1-23-18(21)16(10-24-14-6-2-12(19)3-7-14)17(22-23)11-25-15-8-4-13(20)5-9-15/h2-9H,10-11H2,1H3. The molecule has 0 bridgehead atoms. The molecule has 0 radical (unpaired) electrons. The van der Waals surface area contributed by atoms with Crippen LogP contribution in [0.15, 0.2) is 62.8 Å². The van der Waals surface area contributed by atoms with E-state index in [0.29, 0.717) is 5.15 Å². The Kier molecular flexibility index (Phi) is 6.80. The van der Waals surface area contributed by atoms with Crippen LogP contribution in [-0.4, -0.2) is 9.78 Å². The van der Waals surface area contributed by atoms with E-state index in [4.69, 9.17) is 23.2 Å². The zero-order valence-corrected chi connectivity index (χ0v) is 18.1. The Morgan fingerprint density at radius 1 is 0.920 bits per heavy atom. The third-order valence-corrected chi connectivity index (χ3v) is 6.85. The maximum atomic E-state index is 6.46. The third-order valence-electron chi connectivity index (χ3n) is 3.54. The average Bonchev–Trinajstić information content (AvgIpc) is 2.88. The molecule has 3 rings (SSSR count). The SMILES string of the molecule is Cn1nc(CSc2ccc(Cl)cc2)c(CSc2ccc(Br)cc2)c1Cl. The summed E-state index contributed by atoms with van der Waals surface area (Å²) in [6.07, 6.45) is 0. The van der Waals surface area contributed by atoms with Gasteiger partial charge in [-0.3, -0.25) is 4.68 Å². The summed E-state index contributed by atoms with van der Waals surface area (Å²) >= 11 is 19.4. The third kappa shape index (κ3) is 5.20. The molecule has 2 nitrogen and oxygen atoms in total. The number of aryl methyl sites for hydroxylation is 1. The van der Waals surface area contributed by atoms with Crippen molar-refractivity contribution in [3.63, 3.8) is 0 Å². The van der Waals surface area contributed by atoms with Crippen LogP contribution in [0, 0.1) is 0 Å². The van der Waals surface area contributed by atoms with Gasteiger partial charge in [-0.1, -0.05) is 39.1 Å². The summed E-state index contributed by atoms with van der Waals surface area (Å²) in [6, 6.07) is 16.1. The van der Waals surface area contributed by atoms with Crippen LogP contribution in [0.4, 0.5) is 0 Å². The molecular weight excluding hydrogens is 459 g/mol. The van der Waals surface area contributed by atoms with Gasteiger partial charge in [0.2, 0.25) is 0 Å². The fraction of sp³-hybridized carbons (Fsp3) is 0.167. The Morgan fingerprint density at radius 3 is 2.12 bits per heavy atom. The number of rotatable bonds is 6. The molecule has 0 amide bonds. The number of hydrogen-bond acceptors (Lipinski definition) is 3. The molecule has 0 aliphatic carbocycles. The van der Waals surface area contributed by atoms with Gasteiger partial charge in [-0.2, -0.15) is 5.10 Å². The number of aromatic nitrogens is 2. The molecule has 0 atom stereocenters. The number of hydrogen-bond donors (Lipinski definition) is 0. The van der Waals surface area contributed by atoms with Gasteiger partial charge in [0.05, 0.1) is 5.69 Å². The molecule has 0 fully saturated rings. The smallest absolute Gasteiger partial charge is 0.131 e. The maximum Gasteiger partial charge on any atom is 0.131 e. The summed E-state index contributed by atoms with van der Waals surface area (Å²) in [4.78, 5) is 2.37. The lowest BCUT2D eigenvalue weighted by atomic mass is 10.3. The van der Waals surface area contributed by atoms with E-state index in [1.807, 2.05) is 43.4 Å². The summed E-state index contributed by atoms with van der Waals surface area (Å²) < 4.78 is 2.83. The molecule has 0 aliphatic heterocycles. The van der Waals surface area contributed by atoms with Crippen LogP contribution in [0.5, 0.6) is 0 Å². The van der Waals surface area contributed by atoms with Crippen molar-refractivity contribution in [2.24, 2.45) is 7.05 Å². The van der Waals surface area contributed by atoms with Gasteiger partial charge >= 0.3 is 0 Å². The van der Waals surface area contributed by atoms with E-state index in [9.17, 15) is 0 Å². The Morgan fingerprint density at radius 2 is 1.48 bits per heavy atom. The summed E-state index contributed by atoms with van der Waals surface area (Å²) in [5.74, 6) is 1.57. The molecule has 2 aromatic carbocycles. The van der Waals surface area contributed by atoms with E-state index in [1.165, 1.54) is 4.90 Å².